The Morgan fingerprint density at radius 1 is 1.08 bits per heavy atom. The number of nitrogens with zero attached hydrogens (tertiary/aromatic N) is 5. The highest BCUT2D eigenvalue weighted by Crippen LogP contribution is 2.34. The Balaban J connectivity index is 1.53. The third-order valence-corrected chi connectivity index (χ3v) is 5.75. The normalized spacial score (nSPS) is 27.4. The maximum Gasteiger partial charge on any atom is 0.163 e. The molecule has 5 rings (SSSR count). The number of Topliss-reactive ketones (excluding diaryl/α,β-unsaturated/α-hetero) is 1. The van der Waals surface area contributed by atoms with E-state index in [9.17, 15) is 4.79 Å². The van der Waals surface area contributed by atoms with Crippen molar-refractivity contribution in [1.82, 2.24) is 19.7 Å². The molecule has 2 aromatic heterocycles. The van der Waals surface area contributed by atoms with Gasteiger partial charge in [-0.15, -0.1) is 0 Å². The van der Waals surface area contributed by atoms with Crippen LogP contribution < -0.4 is 4.90 Å². The molecule has 0 spiro atoms. The molecular weight excluding hydrogens is 318 g/mol. The predicted octanol–water partition coefficient (Wildman–Crippen LogP) is 2.19. The van der Waals surface area contributed by atoms with E-state index < -0.39 is 0 Å². The summed E-state index contributed by atoms with van der Waals surface area (Å²) in [7, 11) is 0. The van der Waals surface area contributed by atoms with Gasteiger partial charge in [-0.25, -0.2) is 14.6 Å². The number of aromatic nitrogens is 4. The van der Waals surface area contributed by atoms with Crippen molar-refractivity contribution in [2.24, 2.45) is 0 Å². The zero-order valence-corrected chi connectivity index (χ0v) is 14.5. The summed E-state index contributed by atoms with van der Waals surface area (Å²) in [6.45, 7) is 3.73. The van der Waals surface area contributed by atoms with Gasteiger partial charge in [-0.1, -0.05) is 0 Å². The number of fused-ring (bicyclic) bond motifs is 3. The van der Waals surface area contributed by atoms with E-state index in [1.807, 2.05) is 17.8 Å². The smallest absolute Gasteiger partial charge is 0.163 e. The molecule has 1 saturated carbocycles. The first-order valence-electron chi connectivity index (χ1n) is 9.31. The average Bonchev–Trinajstić information content (AvgIpc) is 3.17. The molecular formula is C18H23N5O2. The van der Waals surface area contributed by atoms with Crippen LogP contribution in [0.5, 0.6) is 0 Å². The lowest BCUT2D eigenvalue weighted by molar-refractivity contribution is -0.120. The van der Waals surface area contributed by atoms with Crippen LogP contribution >= 0.6 is 0 Å². The number of rotatable bonds is 2. The number of ketones is 1. The standard InChI is InChI=1S/C18H23N5O2/c1-11-20-17(22-9-14-6-7-15(10-22)25-14)16-8-19-23(18(16)21-11)12-2-4-13(24)5-3-12/h8,12,14-15H,2-7,9-10H2,1H3. The van der Waals surface area contributed by atoms with Gasteiger partial charge >= 0.3 is 0 Å². The van der Waals surface area contributed by atoms with Crippen molar-refractivity contribution >= 4 is 22.6 Å². The van der Waals surface area contributed by atoms with Crippen molar-refractivity contribution in [3.63, 3.8) is 0 Å². The first-order chi connectivity index (χ1) is 12.2. The van der Waals surface area contributed by atoms with E-state index in [1.165, 1.54) is 0 Å². The molecule has 2 aliphatic heterocycles. The van der Waals surface area contributed by atoms with Gasteiger partial charge < -0.3 is 9.64 Å². The molecule has 0 N–H and O–H groups in total. The summed E-state index contributed by atoms with van der Waals surface area (Å²) < 4.78 is 7.99. The summed E-state index contributed by atoms with van der Waals surface area (Å²) in [4.78, 5) is 23.3. The second-order valence-corrected chi connectivity index (χ2v) is 7.55. The molecule has 3 aliphatic rings. The molecule has 2 unspecified atom stereocenters. The van der Waals surface area contributed by atoms with E-state index >= 15 is 0 Å². The number of anilines is 1. The number of carbonyl (C=O) groups is 1. The molecule has 7 nitrogen and oxygen atoms in total. The Morgan fingerprint density at radius 2 is 1.80 bits per heavy atom. The number of hydrogen-bond acceptors (Lipinski definition) is 6. The van der Waals surface area contributed by atoms with Crippen LogP contribution in [0.2, 0.25) is 0 Å². The summed E-state index contributed by atoms with van der Waals surface area (Å²) in [5.74, 6) is 2.12. The SMILES string of the molecule is Cc1nc(N2CC3CCC(C2)O3)c2cnn(C3CCC(=O)CC3)c2n1. The molecule has 0 amide bonds. The first kappa shape index (κ1) is 15.3. The van der Waals surface area contributed by atoms with E-state index in [-0.39, 0.29) is 6.04 Å². The van der Waals surface area contributed by atoms with E-state index in [0.717, 1.165) is 61.4 Å². The fourth-order valence-electron chi connectivity index (χ4n) is 4.48. The highest BCUT2D eigenvalue weighted by molar-refractivity contribution is 5.87. The van der Waals surface area contributed by atoms with Gasteiger partial charge in [-0.05, 0) is 32.6 Å². The highest BCUT2D eigenvalue weighted by atomic mass is 16.5. The lowest BCUT2D eigenvalue weighted by atomic mass is 9.94. The molecule has 4 heterocycles. The van der Waals surface area contributed by atoms with E-state index in [1.54, 1.807) is 0 Å². The topological polar surface area (TPSA) is 73.1 Å². The molecule has 7 heteroatoms. The van der Waals surface area contributed by atoms with Gasteiger partial charge in [-0.2, -0.15) is 5.10 Å². The maximum atomic E-state index is 11.6. The quantitative estimate of drug-likeness (QED) is 0.834. The molecule has 3 fully saturated rings. The Kier molecular flexibility index (Phi) is 3.51. The predicted molar refractivity (Wildman–Crippen MR) is 92.7 cm³/mol. The number of ether oxygens (including phenoxy) is 1. The molecule has 2 bridgehead atoms. The van der Waals surface area contributed by atoms with Crippen LogP contribution in [0.4, 0.5) is 5.82 Å². The summed E-state index contributed by atoms with van der Waals surface area (Å²) in [5, 5.41) is 5.66. The second-order valence-electron chi connectivity index (χ2n) is 7.55. The fraction of sp³-hybridized carbons (Fsp3) is 0.667. The lowest BCUT2D eigenvalue weighted by Crippen LogP contribution is -2.43. The average molecular weight is 341 g/mol. The number of aryl methyl sites for hydroxylation is 1. The third-order valence-electron chi connectivity index (χ3n) is 5.75. The van der Waals surface area contributed by atoms with Crippen LogP contribution in [0, 0.1) is 6.92 Å². The fourth-order valence-corrected chi connectivity index (χ4v) is 4.48. The van der Waals surface area contributed by atoms with Crippen molar-refractivity contribution < 1.29 is 9.53 Å². The van der Waals surface area contributed by atoms with E-state index in [2.05, 4.69) is 15.0 Å². The molecule has 25 heavy (non-hydrogen) atoms. The van der Waals surface area contributed by atoms with Crippen molar-refractivity contribution in [3.05, 3.63) is 12.0 Å². The van der Waals surface area contributed by atoms with Crippen LogP contribution in [-0.4, -0.2) is 50.8 Å². The first-order valence-corrected chi connectivity index (χ1v) is 9.31. The van der Waals surface area contributed by atoms with Crippen molar-refractivity contribution in [3.8, 4) is 0 Å². The van der Waals surface area contributed by atoms with Crippen LogP contribution in [0.25, 0.3) is 11.0 Å². The molecule has 2 aromatic rings. The monoisotopic (exact) mass is 341 g/mol. The van der Waals surface area contributed by atoms with Gasteiger partial charge in [0, 0.05) is 25.9 Å². The minimum Gasteiger partial charge on any atom is -0.371 e. The van der Waals surface area contributed by atoms with Crippen molar-refractivity contribution in [2.75, 3.05) is 18.0 Å². The van der Waals surface area contributed by atoms with E-state index in [0.29, 0.717) is 30.8 Å². The number of morpholine rings is 1. The number of carbonyl (C=O) groups excluding carboxylic acids is 1. The Hall–Kier alpha value is -2.02. The number of hydrogen-bond donors (Lipinski definition) is 0. The molecule has 2 saturated heterocycles. The maximum absolute atomic E-state index is 11.6. The van der Waals surface area contributed by atoms with Gasteiger partial charge in [-0.3, -0.25) is 4.79 Å². The minimum absolute atomic E-state index is 0.262. The van der Waals surface area contributed by atoms with Gasteiger partial charge in [0.05, 0.1) is 29.8 Å². The van der Waals surface area contributed by atoms with Gasteiger partial charge in [0.25, 0.3) is 0 Å². The summed E-state index contributed by atoms with van der Waals surface area (Å²) in [6.07, 6.45) is 7.84. The van der Waals surface area contributed by atoms with Crippen LogP contribution in [0.1, 0.15) is 50.4 Å². The summed E-state index contributed by atoms with van der Waals surface area (Å²) in [6, 6.07) is 0.262. The zero-order valence-electron chi connectivity index (χ0n) is 14.5. The van der Waals surface area contributed by atoms with Crippen LogP contribution in [-0.2, 0) is 9.53 Å². The summed E-state index contributed by atoms with van der Waals surface area (Å²) >= 11 is 0. The Bertz CT molecular complexity index is 810. The third kappa shape index (κ3) is 2.61. The molecule has 132 valence electrons. The second kappa shape index (κ2) is 5.76. The van der Waals surface area contributed by atoms with Crippen molar-refractivity contribution in [2.45, 2.75) is 63.7 Å². The molecule has 2 atom stereocenters. The van der Waals surface area contributed by atoms with Gasteiger partial charge in [0.1, 0.15) is 17.4 Å². The largest absolute Gasteiger partial charge is 0.371 e. The molecule has 0 radical (unpaired) electrons. The minimum atomic E-state index is 0.262. The van der Waals surface area contributed by atoms with Gasteiger partial charge in [0.15, 0.2) is 5.65 Å². The Labute approximate surface area is 146 Å². The van der Waals surface area contributed by atoms with Crippen LogP contribution in [0.15, 0.2) is 6.20 Å². The van der Waals surface area contributed by atoms with Gasteiger partial charge in [0.2, 0.25) is 0 Å². The van der Waals surface area contributed by atoms with E-state index in [4.69, 9.17) is 9.72 Å². The van der Waals surface area contributed by atoms with Crippen molar-refractivity contribution in [1.29, 1.82) is 0 Å². The van der Waals surface area contributed by atoms with Crippen LogP contribution in [0.3, 0.4) is 0 Å². The highest BCUT2D eigenvalue weighted by Gasteiger charge is 2.35. The molecule has 0 aromatic carbocycles. The summed E-state index contributed by atoms with van der Waals surface area (Å²) in [5.41, 5.74) is 0.903. The zero-order chi connectivity index (χ0) is 17.0. The molecule has 1 aliphatic carbocycles. The lowest BCUT2D eigenvalue weighted by Gasteiger charge is -2.33. The Morgan fingerprint density at radius 3 is 2.52 bits per heavy atom.